The van der Waals surface area contributed by atoms with Gasteiger partial charge in [-0.1, -0.05) is 27.2 Å². The number of aromatic amines is 1. The van der Waals surface area contributed by atoms with Gasteiger partial charge in [-0.05, 0) is 24.6 Å². The van der Waals surface area contributed by atoms with Gasteiger partial charge < -0.3 is 4.98 Å². The van der Waals surface area contributed by atoms with E-state index in [-0.39, 0.29) is 5.41 Å². The third kappa shape index (κ3) is 1.89. The molecule has 0 aromatic carbocycles. The molecule has 2 aromatic heterocycles. The lowest BCUT2D eigenvalue weighted by Crippen LogP contribution is -2.16. The molecule has 2 heteroatoms. The van der Waals surface area contributed by atoms with Crippen LogP contribution in [-0.4, -0.2) is 9.97 Å². The van der Waals surface area contributed by atoms with Gasteiger partial charge in [-0.15, -0.1) is 0 Å². The van der Waals surface area contributed by atoms with Gasteiger partial charge in [0.15, 0.2) is 0 Å². The lowest BCUT2D eigenvalue weighted by Gasteiger charge is -2.22. The van der Waals surface area contributed by atoms with E-state index < -0.39 is 0 Å². The van der Waals surface area contributed by atoms with Crippen molar-refractivity contribution in [3.05, 3.63) is 30.1 Å². The molecule has 80 valence electrons. The van der Waals surface area contributed by atoms with Crippen molar-refractivity contribution < 1.29 is 0 Å². The zero-order valence-electron chi connectivity index (χ0n) is 9.67. The Morgan fingerprint density at radius 3 is 2.87 bits per heavy atom. The standard InChI is InChI=1S/C13H18N2/c1-4-7-13(2,3)12-9-11-10(15-12)6-5-8-14-11/h5-6,8-9,15H,4,7H2,1-3H3. The summed E-state index contributed by atoms with van der Waals surface area (Å²) in [5, 5.41) is 0. The number of nitrogens with one attached hydrogen (secondary N) is 1. The number of hydrogen-bond donors (Lipinski definition) is 1. The lowest BCUT2D eigenvalue weighted by molar-refractivity contribution is 0.463. The van der Waals surface area contributed by atoms with Crippen LogP contribution in [0.15, 0.2) is 24.4 Å². The van der Waals surface area contributed by atoms with Gasteiger partial charge in [-0.3, -0.25) is 4.98 Å². The van der Waals surface area contributed by atoms with Gasteiger partial charge in [-0.2, -0.15) is 0 Å². The fourth-order valence-electron chi connectivity index (χ4n) is 2.08. The normalized spacial score (nSPS) is 12.2. The van der Waals surface area contributed by atoms with Crippen LogP contribution < -0.4 is 0 Å². The molecule has 0 amide bonds. The summed E-state index contributed by atoms with van der Waals surface area (Å²) in [5.74, 6) is 0. The first kappa shape index (κ1) is 10.2. The van der Waals surface area contributed by atoms with E-state index >= 15 is 0 Å². The van der Waals surface area contributed by atoms with Crippen LogP contribution in [-0.2, 0) is 5.41 Å². The van der Waals surface area contributed by atoms with E-state index in [0.717, 1.165) is 11.0 Å². The molecule has 0 unspecified atom stereocenters. The second kappa shape index (κ2) is 3.69. The van der Waals surface area contributed by atoms with Crippen LogP contribution >= 0.6 is 0 Å². The summed E-state index contributed by atoms with van der Waals surface area (Å²) in [6, 6.07) is 6.22. The highest BCUT2D eigenvalue weighted by Crippen LogP contribution is 2.29. The van der Waals surface area contributed by atoms with E-state index in [4.69, 9.17) is 0 Å². The first-order valence-electron chi connectivity index (χ1n) is 5.58. The van der Waals surface area contributed by atoms with Gasteiger partial charge in [0, 0.05) is 17.3 Å². The number of pyridine rings is 1. The molecule has 15 heavy (non-hydrogen) atoms. The molecule has 2 nitrogen and oxygen atoms in total. The van der Waals surface area contributed by atoms with Crippen LogP contribution in [0.3, 0.4) is 0 Å². The molecule has 0 saturated heterocycles. The summed E-state index contributed by atoms with van der Waals surface area (Å²) in [4.78, 5) is 7.80. The Kier molecular flexibility index (Phi) is 2.51. The summed E-state index contributed by atoms with van der Waals surface area (Å²) in [6.07, 6.45) is 4.24. The highest BCUT2D eigenvalue weighted by Gasteiger charge is 2.21. The Labute approximate surface area is 90.7 Å². The SMILES string of the molecule is CCCC(C)(C)c1cc2ncccc2[nH]1. The molecule has 0 aliphatic rings. The fraction of sp³-hybridized carbons (Fsp3) is 0.462. The summed E-state index contributed by atoms with van der Waals surface area (Å²) < 4.78 is 0. The second-order valence-electron chi connectivity index (χ2n) is 4.75. The number of nitrogens with zero attached hydrogens (tertiary/aromatic N) is 1. The highest BCUT2D eigenvalue weighted by atomic mass is 14.8. The number of fused-ring (bicyclic) bond motifs is 1. The Balaban J connectivity index is 2.44. The molecule has 1 N–H and O–H groups in total. The minimum atomic E-state index is 0.218. The monoisotopic (exact) mass is 202 g/mol. The van der Waals surface area contributed by atoms with Crippen molar-refractivity contribution in [2.75, 3.05) is 0 Å². The molecule has 0 atom stereocenters. The molecule has 0 aliphatic heterocycles. The van der Waals surface area contributed by atoms with Gasteiger partial charge in [-0.25, -0.2) is 0 Å². The molecular weight excluding hydrogens is 184 g/mol. The van der Waals surface area contributed by atoms with Crippen molar-refractivity contribution in [3.63, 3.8) is 0 Å². The highest BCUT2D eigenvalue weighted by molar-refractivity contribution is 5.76. The van der Waals surface area contributed by atoms with E-state index in [1.54, 1.807) is 0 Å². The van der Waals surface area contributed by atoms with Gasteiger partial charge in [0.05, 0.1) is 11.0 Å². The second-order valence-corrected chi connectivity index (χ2v) is 4.75. The number of rotatable bonds is 3. The molecule has 0 aliphatic carbocycles. The summed E-state index contributed by atoms with van der Waals surface area (Å²) in [5.41, 5.74) is 3.71. The molecule has 0 spiro atoms. The van der Waals surface area contributed by atoms with Crippen LogP contribution in [0, 0.1) is 0 Å². The minimum Gasteiger partial charge on any atom is -0.357 e. The maximum atomic E-state index is 4.34. The Bertz CT molecular complexity index is 421. The van der Waals surface area contributed by atoms with Crippen molar-refractivity contribution in [2.45, 2.75) is 39.0 Å². The number of H-pyrrole nitrogens is 1. The topological polar surface area (TPSA) is 28.7 Å². The quantitative estimate of drug-likeness (QED) is 0.808. The maximum absolute atomic E-state index is 4.34. The van der Waals surface area contributed by atoms with Crippen LogP contribution in [0.5, 0.6) is 0 Å². The van der Waals surface area contributed by atoms with E-state index in [9.17, 15) is 0 Å². The zero-order valence-corrected chi connectivity index (χ0v) is 9.67. The summed E-state index contributed by atoms with van der Waals surface area (Å²) >= 11 is 0. The smallest absolute Gasteiger partial charge is 0.0881 e. The first-order chi connectivity index (χ1) is 7.13. The van der Waals surface area contributed by atoms with Gasteiger partial charge in [0.1, 0.15) is 0 Å². The zero-order chi connectivity index (χ0) is 10.9. The van der Waals surface area contributed by atoms with Crippen molar-refractivity contribution in [2.24, 2.45) is 0 Å². The molecule has 2 rings (SSSR count). The first-order valence-corrected chi connectivity index (χ1v) is 5.58. The van der Waals surface area contributed by atoms with Crippen LogP contribution in [0.4, 0.5) is 0 Å². The molecule has 0 radical (unpaired) electrons. The van der Waals surface area contributed by atoms with Crippen LogP contribution in [0.25, 0.3) is 11.0 Å². The van der Waals surface area contributed by atoms with E-state index in [1.807, 2.05) is 12.3 Å². The number of aromatic nitrogens is 2. The Morgan fingerprint density at radius 2 is 2.20 bits per heavy atom. The number of hydrogen-bond acceptors (Lipinski definition) is 1. The van der Waals surface area contributed by atoms with Gasteiger partial charge in [0.25, 0.3) is 0 Å². The van der Waals surface area contributed by atoms with Crippen LogP contribution in [0.1, 0.15) is 39.3 Å². The molecular formula is C13H18N2. The van der Waals surface area contributed by atoms with Gasteiger partial charge in [0.2, 0.25) is 0 Å². The van der Waals surface area contributed by atoms with Crippen molar-refractivity contribution >= 4 is 11.0 Å². The average molecular weight is 202 g/mol. The average Bonchev–Trinajstić information content (AvgIpc) is 2.61. The largest absolute Gasteiger partial charge is 0.357 e. The third-order valence-corrected chi connectivity index (χ3v) is 2.99. The van der Waals surface area contributed by atoms with Gasteiger partial charge >= 0.3 is 0 Å². The lowest BCUT2D eigenvalue weighted by atomic mass is 9.85. The molecule has 0 saturated carbocycles. The molecule has 0 fully saturated rings. The fourth-order valence-corrected chi connectivity index (χ4v) is 2.08. The third-order valence-electron chi connectivity index (χ3n) is 2.99. The Hall–Kier alpha value is -1.31. The predicted octanol–water partition coefficient (Wildman–Crippen LogP) is 3.64. The van der Waals surface area contributed by atoms with E-state index in [1.165, 1.54) is 18.5 Å². The van der Waals surface area contributed by atoms with Crippen molar-refractivity contribution in [1.82, 2.24) is 9.97 Å². The van der Waals surface area contributed by atoms with Crippen molar-refractivity contribution in [3.8, 4) is 0 Å². The molecule has 0 bridgehead atoms. The summed E-state index contributed by atoms with van der Waals surface area (Å²) in [6.45, 7) is 6.78. The minimum absolute atomic E-state index is 0.218. The van der Waals surface area contributed by atoms with Crippen LogP contribution in [0.2, 0.25) is 0 Å². The molecule has 2 aromatic rings. The van der Waals surface area contributed by atoms with E-state index in [0.29, 0.717) is 0 Å². The Morgan fingerprint density at radius 1 is 1.40 bits per heavy atom. The van der Waals surface area contributed by atoms with E-state index in [2.05, 4.69) is 42.9 Å². The van der Waals surface area contributed by atoms with Crippen molar-refractivity contribution in [1.29, 1.82) is 0 Å². The molecule has 2 heterocycles. The maximum Gasteiger partial charge on any atom is 0.0881 e. The predicted molar refractivity (Wildman–Crippen MR) is 64.0 cm³/mol. The summed E-state index contributed by atoms with van der Waals surface area (Å²) in [7, 11) is 0.